The number of nitrogens with one attached hydrogen (secondary N) is 1. The molecule has 2 atom stereocenters. The second kappa shape index (κ2) is 13.8. The van der Waals surface area contributed by atoms with Crippen molar-refractivity contribution < 1.29 is 31.2 Å². The zero-order chi connectivity index (χ0) is 31.2. The first-order valence-corrected chi connectivity index (χ1v) is 15.1. The van der Waals surface area contributed by atoms with E-state index in [9.17, 15) is 31.2 Å². The molecule has 1 N–H and O–H groups in total. The van der Waals surface area contributed by atoms with E-state index in [1.54, 1.807) is 37.3 Å². The minimum atomic E-state index is -4.89. The first-order valence-electron chi connectivity index (χ1n) is 12.9. The molecule has 2 amide bonds. The third kappa shape index (κ3) is 7.96. The first-order chi connectivity index (χ1) is 19.7. The zero-order valence-electron chi connectivity index (χ0n) is 23.0. The second-order valence-electron chi connectivity index (χ2n) is 9.59. The van der Waals surface area contributed by atoms with E-state index in [0.717, 1.165) is 17.0 Å². The summed E-state index contributed by atoms with van der Waals surface area (Å²) in [6.45, 7) is 4.06. The van der Waals surface area contributed by atoms with Crippen LogP contribution in [0.1, 0.15) is 38.3 Å². The Hall–Kier alpha value is -3.28. The fourth-order valence-electron chi connectivity index (χ4n) is 3.99. The summed E-state index contributed by atoms with van der Waals surface area (Å²) < 4.78 is 69.3. The number of halogens is 5. The average molecular weight is 645 g/mol. The van der Waals surface area contributed by atoms with Gasteiger partial charge in [-0.25, -0.2) is 8.42 Å². The summed E-state index contributed by atoms with van der Waals surface area (Å²) in [5.41, 5.74) is -1.21. The highest BCUT2D eigenvalue weighted by atomic mass is 35.5. The van der Waals surface area contributed by atoms with Crippen molar-refractivity contribution in [1.82, 2.24) is 10.2 Å². The third-order valence-electron chi connectivity index (χ3n) is 6.62. The number of nitrogens with zero attached hydrogens (tertiary/aromatic N) is 2. The lowest BCUT2D eigenvalue weighted by atomic mass is 10.1. The Kier molecular flexibility index (Phi) is 10.9. The van der Waals surface area contributed by atoms with Crippen LogP contribution >= 0.6 is 23.2 Å². The maximum atomic E-state index is 13.9. The molecule has 3 rings (SSSR count). The number of amides is 2. The molecular weight excluding hydrogens is 614 g/mol. The van der Waals surface area contributed by atoms with Gasteiger partial charge >= 0.3 is 6.18 Å². The molecule has 226 valence electrons. The molecule has 42 heavy (non-hydrogen) atoms. The molecule has 7 nitrogen and oxygen atoms in total. The van der Waals surface area contributed by atoms with E-state index in [4.69, 9.17) is 23.2 Å². The molecule has 0 heterocycles. The molecule has 3 aromatic rings. The minimum absolute atomic E-state index is 0.165. The molecule has 0 aromatic heterocycles. The molecule has 0 unspecified atom stereocenters. The van der Waals surface area contributed by atoms with Crippen molar-refractivity contribution >= 4 is 50.7 Å². The fourth-order valence-corrected chi connectivity index (χ4v) is 5.84. The van der Waals surface area contributed by atoms with Gasteiger partial charge in [-0.2, -0.15) is 13.2 Å². The van der Waals surface area contributed by atoms with E-state index in [0.29, 0.717) is 27.4 Å². The van der Waals surface area contributed by atoms with Crippen LogP contribution in [0.4, 0.5) is 18.9 Å². The predicted molar refractivity (Wildman–Crippen MR) is 157 cm³/mol. The highest BCUT2D eigenvalue weighted by molar-refractivity contribution is 7.92. The van der Waals surface area contributed by atoms with E-state index in [-0.39, 0.29) is 17.5 Å². The quantitative estimate of drug-likeness (QED) is 0.257. The zero-order valence-corrected chi connectivity index (χ0v) is 25.4. The van der Waals surface area contributed by atoms with Crippen LogP contribution in [0.15, 0.2) is 77.7 Å². The second-order valence-corrected chi connectivity index (χ2v) is 12.3. The summed E-state index contributed by atoms with van der Waals surface area (Å²) in [6, 6.07) is 14.9. The Labute approximate surface area is 253 Å². The fraction of sp³-hybridized carbons (Fsp3) is 0.310. The minimum Gasteiger partial charge on any atom is -0.352 e. The van der Waals surface area contributed by atoms with Gasteiger partial charge in [0.15, 0.2) is 0 Å². The summed E-state index contributed by atoms with van der Waals surface area (Å²) in [4.78, 5) is 27.9. The van der Waals surface area contributed by atoms with Crippen LogP contribution in [0, 0.1) is 0 Å². The van der Waals surface area contributed by atoms with E-state index in [2.05, 4.69) is 5.32 Å². The van der Waals surface area contributed by atoms with Crippen molar-refractivity contribution in [3.8, 4) is 0 Å². The van der Waals surface area contributed by atoms with Crippen molar-refractivity contribution in [1.29, 1.82) is 0 Å². The van der Waals surface area contributed by atoms with Gasteiger partial charge < -0.3 is 10.2 Å². The van der Waals surface area contributed by atoms with Crippen molar-refractivity contribution in [3.05, 3.63) is 94.0 Å². The monoisotopic (exact) mass is 643 g/mol. The Morgan fingerprint density at radius 2 is 1.55 bits per heavy atom. The van der Waals surface area contributed by atoms with Gasteiger partial charge in [0.05, 0.1) is 21.2 Å². The maximum absolute atomic E-state index is 13.9. The lowest BCUT2D eigenvalue weighted by Gasteiger charge is -2.32. The lowest BCUT2D eigenvalue weighted by Crippen LogP contribution is -2.52. The molecule has 0 bridgehead atoms. The molecule has 0 spiro atoms. The van der Waals surface area contributed by atoms with Gasteiger partial charge in [-0.05, 0) is 62.2 Å². The SMILES string of the molecule is CC[C@@H](C)NC(=O)[C@@H](C)N(Cc1ccccc1Cl)C(=O)CN(c1ccc(Cl)c(C(F)(F)F)c1)S(=O)(=O)c1ccccc1. The maximum Gasteiger partial charge on any atom is 0.417 e. The van der Waals surface area contributed by atoms with Crippen molar-refractivity contribution in [3.63, 3.8) is 0 Å². The van der Waals surface area contributed by atoms with Crippen LogP contribution in [0.2, 0.25) is 10.0 Å². The van der Waals surface area contributed by atoms with Crippen LogP contribution in [0.5, 0.6) is 0 Å². The molecule has 3 aromatic carbocycles. The number of hydrogen-bond donors (Lipinski definition) is 1. The molecule has 13 heteroatoms. The number of hydrogen-bond acceptors (Lipinski definition) is 4. The van der Waals surface area contributed by atoms with Crippen LogP contribution in [0.25, 0.3) is 0 Å². The number of sulfonamides is 1. The summed E-state index contributed by atoms with van der Waals surface area (Å²) in [5, 5.41) is 2.48. The Balaban J connectivity index is 2.11. The number of rotatable bonds is 11. The normalized spacial score (nSPS) is 13.2. The summed E-state index contributed by atoms with van der Waals surface area (Å²) in [7, 11) is -4.56. The topological polar surface area (TPSA) is 86.8 Å². The smallest absolute Gasteiger partial charge is 0.352 e. The standard InChI is InChI=1S/C29H30Cl2F3N3O4S/c1-4-19(2)35-28(39)20(3)36(17-21-10-8-9-13-25(21)30)27(38)18-37(42(40,41)23-11-6-5-7-12-23)22-14-15-26(31)24(16-22)29(32,33)34/h5-16,19-20H,4,17-18H2,1-3H3,(H,35,39)/t19-,20-/m1/s1. The van der Waals surface area contributed by atoms with E-state index >= 15 is 0 Å². The van der Waals surface area contributed by atoms with Gasteiger partial charge in [0.2, 0.25) is 11.8 Å². The number of alkyl halides is 3. The van der Waals surface area contributed by atoms with Gasteiger partial charge in [0.25, 0.3) is 10.0 Å². The van der Waals surface area contributed by atoms with Crippen LogP contribution in [-0.2, 0) is 32.3 Å². The molecular formula is C29H30Cl2F3N3O4S. The van der Waals surface area contributed by atoms with E-state index in [1.165, 1.54) is 31.2 Å². The lowest BCUT2D eigenvalue weighted by molar-refractivity contribution is -0.139. The molecule has 0 aliphatic carbocycles. The van der Waals surface area contributed by atoms with E-state index in [1.807, 2.05) is 6.92 Å². The molecule has 0 aliphatic heterocycles. The Morgan fingerprint density at radius 3 is 2.14 bits per heavy atom. The van der Waals surface area contributed by atoms with Gasteiger partial charge in [0, 0.05) is 17.6 Å². The third-order valence-corrected chi connectivity index (χ3v) is 9.11. The first kappa shape index (κ1) is 33.2. The number of benzene rings is 3. The average Bonchev–Trinajstić information content (AvgIpc) is 2.95. The van der Waals surface area contributed by atoms with E-state index < -0.39 is 56.9 Å². The molecule has 0 saturated carbocycles. The molecule has 0 fully saturated rings. The van der Waals surface area contributed by atoms with Gasteiger partial charge in [-0.1, -0.05) is 66.5 Å². The molecule has 0 aliphatic rings. The van der Waals surface area contributed by atoms with Crippen LogP contribution in [0.3, 0.4) is 0 Å². The number of carbonyl (C=O) groups is 2. The number of carbonyl (C=O) groups excluding carboxylic acids is 2. The summed E-state index contributed by atoms with van der Waals surface area (Å²) in [5.74, 6) is -1.34. The van der Waals surface area contributed by atoms with Crippen molar-refractivity contribution in [2.24, 2.45) is 0 Å². The Bertz CT molecular complexity index is 1520. The van der Waals surface area contributed by atoms with Crippen LogP contribution < -0.4 is 9.62 Å². The molecule has 0 saturated heterocycles. The van der Waals surface area contributed by atoms with Gasteiger partial charge in [0.1, 0.15) is 12.6 Å². The summed E-state index contributed by atoms with van der Waals surface area (Å²) in [6.07, 6.45) is -4.27. The van der Waals surface area contributed by atoms with Crippen molar-refractivity contribution in [2.45, 2.75) is 56.9 Å². The van der Waals surface area contributed by atoms with Crippen LogP contribution in [-0.4, -0.2) is 43.8 Å². The number of anilines is 1. The Morgan fingerprint density at radius 1 is 0.929 bits per heavy atom. The molecule has 0 radical (unpaired) electrons. The highest BCUT2D eigenvalue weighted by Gasteiger charge is 2.37. The largest absolute Gasteiger partial charge is 0.417 e. The predicted octanol–water partition coefficient (Wildman–Crippen LogP) is 6.54. The highest BCUT2D eigenvalue weighted by Crippen LogP contribution is 2.38. The van der Waals surface area contributed by atoms with Crippen molar-refractivity contribution in [2.75, 3.05) is 10.8 Å². The summed E-state index contributed by atoms with van der Waals surface area (Å²) >= 11 is 12.1. The van der Waals surface area contributed by atoms with Gasteiger partial charge in [-0.15, -0.1) is 0 Å². The van der Waals surface area contributed by atoms with Gasteiger partial charge in [-0.3, -0.25) is 13.9 Å².